The average molecular weight is 477 g/mol. The molecule has 3 rings (SSSR count). The first-order chi connectivity index (χ1) is 13.8. The molecule has 0 atom stereocenters. The summed E-state index contributed by atoms with van der Waals surface area (Å²) in [4.78, 5) is 12.2. The van der Waals surface area contributed by atoms with Crippen LogP contribution >= 0.6 is 15.9 Å². The molecule has 0 spiro atoms. The summed E-state index contributed by atoms with van der Waals surface area (Å²) in [7, 11) is -3.88. The van der Waals surface area contributed by atoms with E-state index in [0.717, 1.165) is 28.2 Å². The van der Waals surface area contributed by atoms with E-state index in [4.69, 9.17) is 0 Å². The highest BCUT2D eigenvalue weighted by Gasteiger charge is 2.19. The lowest BCUT2D eigenvalue weighted by molar-refractivity contribution is 0.102. The minimum absolute atomic E-state index is 0.173. The number of hydrogen-bond donors (Lipinski definition) is 2. The van der Waals surface area contributed by atoms with Gasteiger partial charge in [0.25, 0.3) is 5.91 Å². The van der Waals surface area contributed by atoms with Gasteiger partial charge in [-0.05, 0) is 54.4 Å². The molecule has 3 aromatic carbocycles. The fourth-order valence-corrected chi connectivity index (χ4v) is 3.96. The first-order valence-electron chi connectivity index (χ1n) is 8.75. The Hall–Kier alpha value is -2.55. The van der Waals surface area contributed by atoms with E-state index in [1.54, 1.807) is 24.3 Å². The van der Waals surface area contributed by atoms with Crippen molar-refractivity contribution in [2.45, 2.75) is 11.3 Å². The largest absolute Gasteiger partial charge is 0.322 e. The van der Waals surface area contributed by atoms with Crippen LogP contribution in [-0.2, 0) is 16.4 Å². The van der Waals surface area contributed by atoms with Gasteiger partial charge >= 0.3 is 0 Å². The van der Waals surface area contributed by atoms with E-state index < -0.39 is 21.7 Å². The number of amides is 1. The van der Waals surface area contributed by atoms with Gasteiger partial charge in [0, 0.05) is 16.7 Å². The number of carbonyl (C=O) groups excluding carboxylic acids is 1. The molecule has 0 aliphatic carbocycles. The third kappa shape index (κ3) is 5.72. The van der Waals surface area contributed by atoms with E-state index >= 15 is 0 Å². The van der Waals surface area contributed by atoms with Gasteiger partial charge in [0.1, 0.15) is 5.82 Å². The third-order valence-corrected chi connectivity index (χ3v) is 6.13. The number of halogens is 2. The van der Waals surface area contributed by atoms with Crippen molar-refractivity contribution in [1.29, 1.82) is 0 Å². The van der Waals surface area contributed by atoms with Crippen molar-refractivity contribution in [3.63, 3.8) is 0 Å². The van der Waals surface area contributed by atoms with Gasteiger partial charge in [-0.2, -0.15) is 0 Å². The molecule has 0 heterocycles. The molecule has 0 aliphatic heterocycles. The Morgan fingerprint density at radius 3 is 2.34 bits per heavy atom. The predicted molar refractivity (Wildman–Crippen MR) is 114 cm³/mol. The summed E-state index contributed by atoms with van der Waals surface area (Å²) in [6, 6.07) is 19.3. The molecular weight excluding hydrogens is 459 g/mol. The number of benzene rings is 3. The lowest BCUT2D eigenvalue weighted by Crippen LogP contribution is -2.26. The van der Waals surface area contributed by atoms with Crippen LogP contribution < -0.4 is 10.0 Å². The van der Waals surface area contributed by atoms with Crippen LogP contribution in [-0.4, -0.2) is 20.9 Å². The topological polar surface area (TPSA) is 75.3 Å². The van der Waals surface area contributed by atoms with Crippen LogP contribution in [0.25, 0.3) is 0 Å². The molecule has 150 valence electrons. The fourth-order valence-electron chi connectivity index (χ4n) is 2.63. The van der Waals surface area contributed by atoms with Gasteiger partial charge in [0.05, 0.1) is 10.5 Å². The molecule has 1 amide bonds. The molecule has 0 bridgehead atoms. The van der Waals surface area contributed by atoms with Crippen molar-refractivity contribution in [1.82, 2.24) is 4.72 Å². The second-order valence-corrected chi connectivity index (χ2v) is 8.92. The van der Waals surface area contributed by atoms with E-state index in [9.17, 15) is 17.6 Å². The highest BCUT2D eigenvalue weighted by Crippen LogP contribution is 2.19. The Labute approximate surface area is 177 Å². The molecule has 2 N–H and O–H groups in total. The van der Waals surface area contributed by atoms with E-state index in [0.29, 0.717) is 12.1 Å². The zero-order valence-corrected chi connectivity index (χ0v) is 17.6. The summed E-state index contributed by atoms with van der Waals surface area (Å²) in [5, 5.41) is 2.55. The maximum Gasteiger partial charge on any atom is 0.258 e. The lowest BCUT2D eigenvalue weighted by Gasteiger charge is -2.10. The maximum atomic E-state index is 14.2. The summed E-state index contributed by atoms with van der Waals surface area (Å²) in [5.74, 6) is -1.53. The van der Waals surface area contributed by atoms with E-state index in [1.807, 2.05) is 30.3 Å². The monoisotopic (exact) mass is 476 g/mol. The molecule has 0 saturated carbocycles. The lowest BCUT2D eigenvalue weighted by atomic mass is 10.2. The summed E-state index contributed by atoms with van der Waals surface area (Å²) < 4.78 is 42.5. The third-order valence-electron chi connectivity index (χ3n) is 4.14. The SMILES string of the molecule is O=C(Nc1ccc(Br)cc1)c1cc(S(=O)(=O)NCCc2ccccc2)ccc1F. The Morgan fingerprint density at radius 1 is 0.966 bits per heavy atom. The molecule has 0 aromatic heterocycles. The average Bonchev–Trinajstić information content (AvgIpc) is 2.70. The van der Waals surface area contributed by atoms with Crippen molar-refractivity contribution in [2.24, 2.45) is 0 Å². The Balaban J connectivity index is 1.72. The van der Waals surface area contributed by atoms with Gasteiger partial charge in [-0.1, -0.05) is 46.3 Å². The second kappa shape index (κ2) is 9.30. The molecule has 5 nitrogen and oxygen atoms in total. The quantitative estimate of drug-likeness (QED) is 0.531. The number of rotatable bonds is 7. The summed E-state index contributed by atoms with van der Waals surface area (Å²) in [6.45, 7) is 0.185. The molecule has 3 aromatic rings. The van der Waals surface area contributed by atoms with E-state index in [2.05, 4.69) is 26.0 Å². The van der Waals surface area contributed by atoms with Gasteiger partial charge in [-0.25, -0.2) is 17.5 Å². The number of anilines is 1. The number of sulfonamides is 1. The van der Waals surface area contributed by atoms with Crippen molar-refractivity contribution >= 4 is 37.5 Å². The maximum absolute atomic E-state index is 14.2. The van der Waals surface area contributed by atoms with Crippen LogP contribution in [0.5, 0.6) is 0 Å². The van der Waals surface area contributed by atoms with Crippen LogP contribution in [0.15, 0.2) is 82.2 Å². The minimum atomic E-state index is -3.88. The van der Waals surface area contributed by atoms with Crippen molar-refractivity contribution in [3.05, 3.63) is 94.2 Å². The van der Waals surface area contributed by atoms with Gasteiger partial charge in [0.2, 0.25) is 10.0 Å². The van der Waals surface area contributed by atoms with Crippen LogP contribution in [0.4, 0.5) is 10.1 Å². The number of carbonyl (C=O) groups is 1. The molecule has 0 fully saturated rings. The molecular formula is C21H18BrFN2O3S. The Morgan fingerprint density at radius 2 is 1.66 bits per heavy atom. The standard InChI is InChI=1S/C21H18BrFN2O3S/c22-16-6-8-17(9-7-16)25-21(26)19-14-18(10-11-20(19)23)29(27,28)24-13-12-15-4-2-1-3-5-15/h1-11,14,24H,12-13H2,(H,25,26). The zero-order valence-electron chi connectivity index (χ0n) is 15.2. The first-order valence-corrected chi connectivity index (χ1v) is 11.0. The van der Waals surface area contributed by atoms with Gasteiger partial charge in [0.15, 0.2) is 0 Å². The first kappa shape index (κ1) is 21.2. The molecule has 0 aliphatic rings. The van der Waals surface area contributed by atoms with Crippen molar-refractivity contribution < 1.29 is 17.6 Å². The Bertz CT molecular complexity index is 1100. The molecule has 29 heavy (non-hydrogen) atoms. The number of hydrogen-bond acceptors (Lipinski definition) is 3. The van der Waals surface area contributed by atoms with Gasteiger partial charge in [-0.3, -0.25) is 4.79 Å². The van der Waals surface area contributed by atoms with Gasteiger partial charge in [-0.15, -0.1) is 0 Å². The van der Waals surface area contributed by atoms with E-state index in [1.165, 1.54) is 0 Å². The molecule has 0 saturated heterocycles. The predicted octanol–water partition coefficient (Wildman–Crippen LogP) is 4.36. The van der Waals surface area contributed by atoms with Crippen molar-refractivity contribution in [2.75, 3.05) is 11.9 Å². The highest BCUT2D eigenvalue weighted by atomic mass is 79.9. The van der Waals surface area contributed by atoms with Crippen LogP contribution in [0, 0.1) is 5.82 Å². The van der Waals surface area contributed by atoms with Gasteiger partial charge < -0.3 is 5.32 Å². The fraction of sp³-hybridized carbons (Fsp3) is 0.0952. The molecule has 8 heteroatoms. The molecule has 0 unspecified atom stereocenters. The zero-order chi connectivity index (χ0) is 20.9. The highest BCUT2D eigenvalue weighted by molar-refractivity contribution is 9.10. The van der Waals surface area contributed by atoms with Crippen LogP contribution in [0.1, 0.15) is 15.9 Å². The van der Waals surface area contributed by atoms with Crippen molar-refractivity contribution in [3.8, 4) is 0 Å². The Kier molecular flexibility index (Phi) is 6.79. The minimum Gasteiger partial charge on any atom is -0.322 e. The van der Waals surface area contributed by atoms with E-state index in [-0.39, 0.29) is 17.0 Å². The summed E-state index contributed by atoms with van der Waals surface area (Å²) in [5.41, 5.74) is 1.11. The summed E-state index contributed by atoms with van der Waals surface area (Å²) >= 11 is 3.29. The van der Waals surface area contributed by atoms with Crippen LogP contribution in [0.2, 0.25) is 0 Å². The normalized spacial score (nSPS) is 11.2. The smallest absolute Gasteiger partial charge is 0.258 e. The number of nitrogens with one attached hydrogen (secondary N) is 2. The van der Waals surface area contributed by atoms with Crippen LogP contribution in [0.3, 0.4) is 0 Å². The second-order valence-electron chi connectivity index (χ2n) is 6.24. The molecule has 0 radical (unpaired) electrons. The summed E-state index contributed by atoms with van der Waals surface area (Å²) in [6.07, 6.45) is 0.512.